The first-order valence-corrected chi connectivity index (χ1v) is 8.58. The maximum Gasteiger partial charge on any atom is 0.329 e. The molecule has 2 heterocycles. The number of likely N-dealkylation sites (N-methyl/N-ethyl adjacent to an activating group) is 1. The topological polar surface area (TPSA) is 88.6 Å². The summed E-state index contributed by atoms with van der Waals surface area (Å²) in [5.41, 5.74) is 0.689. The van der Waals surface area contributed by atoms with Gasteiger partial charge in [0.05, 0.1) is 5.56 Å². The number of esters is 1. The maximum atomic E-state index is 12.8. The Morgan fingerprint density at radius 1 is 1.22 bits per heavy atom. The molecule has 0 bridgehead atoms. The molecule has 1 fully saturated rings. The number of nitrogens with one attached hydrogen (secondary N) is 1. The smallest absolute Gasteiger partial charge is 0.329 e. The zero-order chi connectivity index (χ0) is 19.6. The molecule has 3 rings (SSSR count). The van der Waals surface area contributed by atoms with Gasteiger partial charge in [-0.1, -0.05) is 6.07 Å². The Bertz CT molecular complexity index is 880. The van der Waals surface area contributed by atoms with Crippen LogP contribution in [0.5, 0.6) is 0 Å². The molecule has 1 aromatic carbocycles. The van der Waals surface area contributed by atoms with Gasteiger partial charge in [0.2, 0.25) is 0 Å². The fraction of sp³-hybridized carbons (Fsp3) is 0.300. The Morgan fingerprint density at radius 3 is 2.59 bits per heavy atom. The second-order valence-electron chi connectivity index (χ2n) is 7.09. The molecule has 27 heavy (non-hydrogen) atoms. The SMILES string of the molecule is CN(C(=O)c1cccc(NC(=O)c2cccnc2)c1)[C@@H]1CC(C)(C)OC1=O. The van der Waals surface area contributed by atoms with Crippen molar-refractivity contribution in [3.05, 3.63) is 59.9 Å². The molecule has 1 aliphatic heterocycles. The van der Waals surface area contributed by atoms with E-state index in [0.29, 0.717) is 23.2 Å². The second-order valence-corrected chi connectivity index (χ2v) is 7.09. The minimum atomic E-state index is -0.624. The molecule has 2 aromatic rings. The van der Waals surface area contributed by atoms with Gasteiger partial charge in [-0.2, -0.15) is 0 Å². The summed E-state index contributed by atoms with van der Waals surface area (Å²) in [7, 11) is 1.58. The van der Waals surface area contributed by atoms with Crippen LogP contribution in [0.15, 0.2) is 48.8 Å². The zero-order valence-electron chi connectivity index (χ0n) is 15.4. The lowest BCUT2D eigenvalue weighted by molar-refractivity contribution is -0.148. The van der Waals surface area contributed by atoms with Crippen LogP contribution in [0.2, 0.25) is 0 Å². The first-order valence-electron chi connectivity index (χ1n) is 8.58. The van der Waals surface area contributed by atoms with Gasteiger partial charge in [-0.05, 0) is 44.2 Å². The van der Waals surface area contributed by atoms with E-state index in [0.717, 1.165) is 0 Å². The van der Waals surface area contributed by atoms with Crippen LogP contribution in [0, 0.1) is 0 Å². The van der Waals surface area contributed by atoms with Crippen LogP contribution in [-0.4, -0.2) is 46.4 Å². The monoisotopic (exact) mass is 367 g/mol. The molecule has 1 aromatic heterocycles. The quantitative estimate of drug-likeness (QED) is 0.839. The van der Waals surface area contributed by atoms with E-state index in [1.807, 2.05) is 13.8 Å². The van der Waals surface area contributed by atoms with E-state index in [-0.39, 0.29) is 11.8 Å². The number of rotatable bonds is 4. The lowest BCUT2D eigenvalue weighted by Gasteiger charge is -2.22. The third-order valence-corrected chi connectivity index (χ3v) is 4.41. The minimum absolute atomic E-state index is 0.313. The Morgan fingerprint density at radius 2 is 1.96 bits per heavy atom. The summed E-state index contributed by atoms with van der Waals surface area (Å²) in [6, 6.07) is 9.29. The molecule has 1 aliphatic rings. The average molecular weight is 367 g/mol. The Balaban J connectivity index is 1.74. The van der Waals surface area contributed by atoms with Crippen molar-refractivity contribution < 1.29 is 19.1 Å². The molecule has 1 saturated heterocycles. The highest BCUT2D eigenvalue weighted by molar-refractivity contribution is 6.05. The number of nitrogens with zero attached hydrogens (tertiary/aromatic N) is 2. The molecule has 0 saturated carbocycles. The number of hydrogen-bond acceptors (Lipinski definition) is 5. The van der Waals surface area contributed by atoms with Crippen LogP contribution in [0.25, 0.3) is 0 Å². The van der Waals surface area contributed by atoms with Crippen molar-refractivity contribution in [1.29, 1.82) is 0 Å². The van der Waals surface area contributed by atoms with Gasteiger partial charge in [0.25, 0.3) is 11.8 Å². The summed E-state index contributed by atoms with van der Waals surface area (Å²) in [4.78, 5) is 42.4. The number of amides is 2. The molecular formula is C20H21N3O4. The zero-order valence-corrected chi connectivity index (χ0v) is 15.4. The fourth-order valence-corrected chi connectivity index (χ4v) is 3.00. The van der Waals surface area contributed by atoms with Crippen molar-refractivity contribution in [2.75, 3.05) is 12.4 Å². The van der Waals surface area contributed by atoms with E-state index in [1.165, 1.54) is 11.1 Å². The molecule has 7 nitrogen and oxygen atoms in total. The number of cyclic esters (lactones) is 1. The van der Waals surface area contributed by atoms with Crippen molar-refractivity contribution in [2.45, 2.75) is 31.9 Å². The normalized spacial score (nSPS) is 17.9. The van der Waals surface area contributed by atoms with Crippen molar-refractivity contribution in [1.82, 2.24) is 9.88 Å². The predicted molar refractivity (Wildman–Crippen MR) is 99.3 cm³/mol. The first-order chi connectivity index (χ1) is 12.8. The highest BCUT2D eigenvalue weighted by atomic mass is 16.6. The summed E-state index contributed by atoms with van der Waals surface area (Å²) in [6.45, 7) is 3.63. The lowest BCUT2D eigenvalue weighted by Crippen LogP contribution is -2.40. The van der Waals surface area contributed by atoms with Crippen LogP contribution in [0.4, 0.5) is 5.69 Å². The molecule has 0 unspecified atom stereocenters. The molecule has 1 N–H and O–H groups in total. The van der Waals surface area contributed by atoms with Gasteiger partial charge >= 0.3 is 5.97 Å². The number of anilines is 1. The molecule has 0 aliphatic carbocycles. The number of aromatic nitrogens is 1. The molecule has 140 valence electrons. The second kappa shape index (κ2) is 7.19. The fourth-order valence-electron chi connectivity index (χ4n) is 3.00. The molecule has 7 heteroatoms. The highest BCUT2D eigenvalue weighted by Gasteiger charge is 2.43. The average Bonchev–Trinajstić information content (AvgIpc) is 2.93. The number of carbonyl (C=O) groups is 3. The number of benzene rings is 1. The van der Waals surface area contributed by atoms with Gasteiger partial charge in [0, 0.05) is 37.1 Å². The van der Waals surface area contributed by atoms with Crippen LogP contribution in [-0.2, 0) is 9.53 Å². The van der Waals surface area contributed by atoms with Gasteiger partial charge in [-0.25, -0.2) is 4.79 Å². The molecule has 0 radical (unpaired) electrons. The molecule has 2 amide bonds. The number of ether oxygens (including phenoxy) is 1. The van der Waals surface area contributed by atoms with E-state index >= 15 is 0 Å². The Kier molecular flexibility index (Phi) is 4.94. The highest BCUT2D eigenvalue weighted by Crippen LogP contribution is 2.29. The van der Waals surface area contributed by atoms with E-state index < -0.39 is 17.6 Å². The van der Waals surface area contributed by atoms with Crippen LogP contribution < -0.4 is 5.32 Å². The molecule has 0 spiro atoms. The maximum absolute atomic E-state index is 12.8. The Labute approximate surface area is 157 Å². The van der Waals surface area contributed by atoms with E-state index in [1.54, 1.807) is 49.6 Å². The largest absolute Gasteiger partial charge is 0.458 e. The summed E-state index contributed by atoms with van der Waals surface area (Å²) in [5.74, 6) is -1.04. The van der Waals surface area contributed by atoms with Gasteiger partial charge in [-0.15, -0.1) is 0 Å². The predicted octanol–water partition coefficient (Wildman–Crippen LogP) is 2.50. The van der Waals surface area contributed by atoms with Crippen LogP contribution >= 0.6 is 0 Å². The van der Waals surface area contributed by atoms with Crippen LogP contribution in [0.1, 0.15) is 41.0 Å². The summed E-state index contributed by atoms with van der Waals surface area (Å²) in [5, 5.41) is 2.74. The minimum Gasteiger partial charge on any atom is -0.458 e. The van der Waals surface area contributed by atoms with Gasteiger partial charge in [0.15, 0.2) is 0 Å². The van der Waals surface area contributed by atoms with Crippen molar-refractivity contribution >= 4 is 23.5 Å². The van der Waals surface area contributed by atoms with Crippen molar-refractivity contribution in [3.63, 3.8) is 0 Å². The van der Waals surface area contributed by atoms with Gasteiger partial charge in [-0.3, -0.25) is 14.6 Å². The van der Waals surface area contributed by atoms with Gasteiger partial charge < -0.3 is 15.0 Å². The summed E-state index contributed by atoms with van der Waals surface area (Å²) < 4.78 is 5.30. The lowest BCUT2D eigenvalue weighted by atomic mass is 10.0. The standard InChI is InChI=1S/C20H21N3O4/c1-20(2)11-16(19(26)27-20)23(3)18(25)13-6-4-8-15(10-13)22-17(24)14-7-5-9-21-12-14/h4-10,12,16H,11H2,1-3H3,(H,22,24)/t16-/m1/s1. The van der Waals surface area contributed by atoms with E-state index in [4.69, 9.17) is 4.74 Å². The first kappa shape index (κ1) is 18.6. The van der Waals surface area contributed by atoms with Crippen molar-refractivity contribution in [3.8, 4) is 0 Å². The van der Waals surface area contributed by atoms with Crippen LogP contribution in [0.3, 0.4) is 0 Å². The Hall–Kier alpha value is -3.22. The number of carbonyl (C=O) groups excluding carboxylic acids is 3. The molecular weight excluding hydrogens is 346 g/mol. The summed E-state index contributed by atoms with van der Waals surface area (Å²) in [6.07, 6.45) is 3.48. The van der Waals surface area contributed by atoms with Crippen molar-refractivity contribution in [2.24, 2.45) is 0 Å². The van der Waals surface area contributed by atoms with Gasteiger partial charge in [0.1, 0.15) is 11.6 Å². The number of pyridine rings is 1. The third-order valence-electron chi connectivity index (χ3n) is 4.41. The summed E-state index contributed by atoms with van der Waals surface area (Å²) >= 11 is 0. The molecule has 1 atom stereocenters. The van der Waals surface area contributed by atoms with E-state index in [2.05, 4.69) is 10.3 Å². The number of hydrogen-bond donors (Lipinski definition) is 1. The van der Waals surface area contributed by atoms with E-state index in [9.17, 15) is 14.4 Å². The third kappa shape index (κ3) is 4.13.